The number of nitrogens with one attached hydrogen (secondary N) is 8. The third-order valence-electron chi connectivity index (χ3n) is 13.7. The first-order valence-corrected chi connectivity index (χ1v) is 27.7. The van der Waals surface area contributed by atoms with Gasteiger partial charge in [0.25, 0.3) is 5.96 Å². The maximum Gasteiger partial charge on any atom is 0.410 e. The number of hydrogen-bond donors (Lipinski definition) is 10. The standard InChI is InChI=1S/C55H80N14O14/c1-8-10-26-82-53(78)35(6)60-49(74)43-19-15-25-68(43)52(77)42(28-38-29-57-32-59-38)63-51(76)46(34(5)9-2)65-48(73)41(27-36-20-22-39(70)23-21-36)62-50(75)45(33(3)4)64-47(72)40(18-14-24-58-54(56)66-69(80)81)61-44(71)30-67(7)55(79)83-31-37-16-12-11-13-17-37/h11-13,16-17,20-23,29,32-35,40-43,45-46,70H,8-10,14-15,18-19,24-28,30-31H2,1-7H3,(H,57,59)(H,60,74)(H,61,71)(H,62,75)(H,63,76)(H,64,72)(H,65,73)(H3,56,58,66)/t34?,35-,40+,41+,42+,43+,45+,46+/m1/s1. The predicted octanol–water partition coefficient (Wildman–Crippen LogP) is 1.01. The molecule has 1 saturated heterocycles. The number of aromatic nitrogens is 2. The van der Waals surface area contributed by atoms with Crippen LogP contribution in [0.3, 0.4) is 0 Å². The maximum absolute atomic E-state index is 14.7. The number of ether oxygens (including phenoxy) is 2. The summed E-state index contributed by atoms with van der Waals surface area (Å²) in [4.78, 5) is 145. The number of carbonyl (C=O) groups is 9. The number of hydrazone groups is 1. The second-order valence-electron chi connectivity index (χ2n) is 20.6. The number of nitrogens with two attached hydrogens (primary N) is 1. The lowest BCUT2D eigenvalue weighted by molar-refractivity contribution is -0.485. The quantitative estimate of drug-likeness (QED) is 0.0104. The lowest BCUT2D eigenvalue weighted by Gasteiger charge is -2.32. The molecule has 0 aliphatic carbocycles. The van der Waals surface area contributed by atoms with Crippen molar-refractivity contribution in [3.63, 3.8) is 0 Å². The Morgan fingerprint density at radius 2 is 1.49 bits per heavy atom. The number of amides is 8. The van der Waals surface area contributed by atoms with Gasteiger partial charge in [0.1, 0.15) is 66.3 Å². The average molecular weight is 1160 g/mol. The third-order valence-corrected chi connectivity index (χ3v) is 13.7. The number of guanidine groups is 1. The van der Waals surface area contributed by atoms with Crippen LogP contribution in [0, 0.1) is 22.0 Å². The van der Waals surface area contributed by atoms with Crippen LogP contribution in [0.2, 0.25) is 0 Å². The SMILES string of the molecule is CCCCOC(=O)[C@@H](C)NC(=O)[C@@H]1CCCN1C(=O)[C@H](Cc1cnc[nH]1)NC(=O)[C@@H](NC(=O)[C@H](Cc1ccc(O)cc1)NC(=O)[C@@H](NC(=O)[C@H](CCCN/C(N)=N\[N+](=O)[O-])NC(=O)CN(C)C(=O)OCc1ccccc1)C(C)C)C(C)CC. The molecule has 2 aromatic carbocycles. The van der Waals surface area contributed by atoms with Crippen molar-refractivity contribution in [3.05, 3.63) is 94.1 Å². The molecule has 0 bridgehead atoms. The number of aromatic amines is 1. The van der Waals surface area contributed by atoms with Crippen molar-refractivity contribution in [2.75, 3.05) is 33.3 Å². The van der Waals surface area contributed by atoms with Crippen LogP contribution < -0.4 is 43.0 Å². The molecule has 8 atom stereocenters. The molecule has 0 spiro atoms. The van der Waals surface area contributed by atoms with Crippen LogP contribution >= 0.6 is 0 Å². The first-order chi connectivity index (χ1) is 39.5. The molecule has 4 rings (SSSR count). The summed E-state index contributed by atoms with van der Waals surface area (Å²) in [5.74, 6) is -7.68. The second kappa shape index (κ2) is 33.8. The van der Waals surface area contributed by atoms with Gasteiger partial charge in [-0.2, -0.15) is 0 Å². The Labute approximate surface area is 481 Å². The number of rotatable bonds is 32. The van der Waals surface area contributed by atoms with Crippen molar-refractivity contribution in [3.8, 4) is 5.75 Å². The summed E-state index contributed by atoms with van der Waals surface area (Å²) in [5.41, 5.74) is 7.21. The molecule has 1 aliphatic heterocycles. The molecule has 1 fully saturated rings. The Kier molecular flexibility index (Phi) is 27.1. The fraction of sp³-hybridized carbons (Fsp3) is 0.545. The first kappa shape index (κ1) is 66.7. The highest BCUT2D eigenvalue weighted by atomic mass is 16.7. The Morgan fingerprint density at radius 1 is 0.831 bits per heavy atom. The van der Waals surface area contributed by atoms with E-state index in [9.17, 15) is 58.4 Å². The number of aromatic hydroxyl groups is 1. The van der Waals surface area contributed by atoms with Gasteiger partial charge in [0, 0.05) is 44.9 Å². The van der Waals surface area contributed by atoms with Crippen molar-refractivity contribution in [1.82, 2.24) is 57.0 Å². The van der Waals surface area contributed by atoms with Gasteiger partial charge < -0.3 is 72.3 Å². The largest absolute Gasteiger partial charge is 0.508 e. The number of imidazole rings is 1. The highest BCUT2D eigenvalue weighted by molar-refractivity contribution is 5.98. The summed E-state index contributed by atoms with van der Waals surface area (Å²) in [6.07, 6.45) is 4.27. The Hall–Kier alpha value is -8.85. The summed E-state index contributed by atoms with van der Waals surface area (Å²) in [6.45, 7) is 9.88. The van der Waals surface area contributed by atoms with E-state index < -0.39 is 125 Å². The molecule has 1 unspecified atom stereocenters. The van der Waals surface area contributed by atoms with Crippen LogP contribution in [0.1, 0.15) is 103 Å². The van der Waals surface area contributed by atoms with Gasteiger partial charge >= 0.3 is 12.1 Å². The van der Waals surface area contributed by atoms with Crippen LogP contribution in [0.15, 0.2) is 72.2 Å². The van der Waals surface area contributed by atoms with E-state index in [1.807, 2.05) is 6.92 Å². The number of likely N-dealkylation sites (N-methyl/N-ethyl adjacent to an activating group) is 1. The monoisotopic (exact) mass is 1160 g/mol. The number of H-pyrrole nitrogens is 1. The van der Waals surface area contributed by atoms with Gasteiger partial charge in [0.05, 0.1) is 12.9 Å². The normalized spacial score (nSPS) is 15.6. The number of nitrogens with zero attached hydrogens (tertiary/aromatic N) is 5. The number of carbonyl (C=O) groups excluding carboxylic acids is 9. The molecule has 2 heterocycles. The number of benzene rings is 2. The van der Waals surface area contributed by atoms with E-state index in [4.69, 9.17) is 15.2 Å². The average Bonchev–Trinajstić information content (AvgIpc) is 4.42. The van der Waals surface area contributed by atoms with E-state index in [2.05, 4.69) is 52.3 Å². The molecule has 8 amide bonds. The number of phenols is 1. The van der Waals surface area contributed by atoms with Gasteiger partial charge in [-0.3, -0.25) is 33.6 Å². The summed E-state index contributed by atoms with van der Waals surface area (Å²) >= 11 is 0. The molecule has 1 aromatic heterocycles. The zero-order valence-electron chi connectivity index (χ0n) is 48.0. The number of nitro groups is 1. The molecule has 28 heteroatoms. The highest BCUT2D eigenvalue weighted by Gasteiger charge is 2.41. The number of hydrogen-bond acceptors (Lipinski definition) is 15. The molecule has 83 heavy (non-hydrogen) atoms. The zero-order valence-corrected chi connectivity index (χ0v) is 48.0. The number of esters is 1. The second-order valence-corrected chi connectivity index (χ2v) is 20.6. The van der Waals surface area contributed by atoms with Gasteiger partial charge in [0.2, 0.25) is 41.4 Å². The van der Waals surface area contributed by atoms with Gasteiger partial charge in [0.15, 0.2) is 5.03 Å². The Bertz CT molecular complexity index is 2680. The minimum atomic E-state index is -1.44. The van der Waals surface area contributed by atoms with Crippen LogP contribution in [-0.4, -0.2) is 165 Å². The van der Waals surface area contributed by atoms with Crippen molar-refractivity contribution < 1.29 is 62.8 Å². The lowest BCUT2D eigenvalue weighted by Crippen LogP contribution is -2.62. The van der Waals surface area contributed by atoms with Gasteiger partial charge in [-0.25, -0.2) is 24.7 Å². The van der Waals surface area contributed by atoms with Crippen molar-refractivity contribution in [1.29, 1.82) is 0 Å². The molecule has 3 aromatic rings. The Morgan fingerprint density at radius 3 is 2.13 bits per heavy atom. The molecule has 28 nitrogen and oxygen atoms in total. The number of unbranched alkanes of at least 4 members (excludes halogenated alkanes) is 1. The zero-order chi connectivity index (χ0) is 61.2. The molecular formula is C55H80N14O14. The van der Waals surface area contributed by atoms with E-state index in [0.717, 1.165) is 11.3 Å². The van der Waals surface area contributed by atoms with E-state index in [-0.39, 0.29) is 64.2 Å². The van der Waals surface area contributed by atoms with Crippen molar-refractivity contribution >= 4 is 59.4 Å². The maximum atomic E-state index is 14.7. The molecule has 0 radical (unpaired) electrons. The molecule has 1 aliphatic rings. The number of likely N-dealkylation sites (tertiary alicyclic amines) is 1. The van der Waals surface area contributed by atoms with E-state index in [0.29, 0.717) is 36.1 Å². The fourth-order valence-corrected chi connectivity index (χ4v) is 8.74. The molecular weight excluding hydrogens is 1080 g/mol. The minimum absolute atomic E-state index is 0.0372. The van der Waals surface area contributed by atoms with Crippen LogP contribution in [0.4, 0.5) is 4.79 Å². The van der Waals surface area contributed by atoms with E-state index in [1.54, 1.807) is 58.0 Å². The Balaban J connectivity index is 1.56. The third kappa shape index (κ3) is 22.2. The van der Waals surface area contributed by atoms with Gasteiger partial charge in [-0.1, -0.05) is 89.9 Å². The van der Waals surface area contributed by atoms with Crippen molar-refractivity contribution in [2.45, 2.75) is 148 Å². The fourth-order valence-electron chi connectivity index (χ4n) is 8.74. The summed E-state index contributed by atoms with van der Waals surface area (Å²) in [7, 11) is 1.32. The lowest BCUT2D eigenvalue weighted by atomic mass is 9.96. The van der Waals surface area contributed by atoms with Crippen LogP contribution in [0.25, 0.3) is 0 Å². The van der Waals surface area contributed by atoms with Gasteiger partial charge in [-0.15, -0.1) is 0 Å². The van der Waals surface area contributed by atoms with Crippen LogP contribution in [-0.2, 0) is 67.3 Å². The number of phenolic OH excluding ortho intramolecular Hbond substituents is 1. The summed E-state index contributed by atoms with van der Waals surface area (Å²) < 4.78 is 10.6. The summed E-state index contributed by atoms with van der Waals surface area (Å²) in [6, 6.07) is 5.91. The minimum Gasteiger partial charge on any atom is -0.508 e. The molecule has 454 valence electrons. The molecule has 0 saturated carbocycles. The summed E-state index contributed by atoms with van der Waals surface area (Å²) in [5, 5.41) is 41.6. The smallest absolute Gasteiger partial charge is 0.410 e. The van der Waals surface area contributed by atoms with E-state index in [1.165, 1.54) is 55.7 Å². The van der Waals surface area contributed by atoms with Crippen LogP contribution in [0.5, 0.6) is 5.75 Å². The topological polar surface area (TPSA) is 393 Å². The first-order valence-electron chi connectivity index (χ1n) is 27.7. The highest BCUT2D eigenvalue weighted by Crippen LogP contribution is 2.21. The predicted molar refractivity (Wildman–Crippen MR) is 301 cm³/mol. The van der Waals surface area contributed by atoms with Crippen molar-refractivity contribution in [2.24, 2.45) is 22.7 Å². The van der Waals surface area contributed by atoms with E-state index >= 15 is 0 Å². The van der Waals surface area contributed by atoms with Gasteiger partial charge in [-0.05, 0) is 74.1 Å². The molecule has 11 N–H and O–H groups in total.